The van der Waals surface area contributed by atoms with Gasteiger partial charge in [-0.15, -0.1) is 0 Å². The molecular weight excluding hydrogens is 471 g/mol. The molecule has 0 unspecified atom stereocenters. The molecule has 2 aromatic rings. The van der Waals surface area contributed by atoms with Crippen LogP contribution in [-0.2, 0) is 29.2 Å². The van der Waals surface area contributed by atoms with Gasteiger partial charge in [-0.3, -0.25) is 19.1 Å². The van der Waals surface area contributed by atoms with Crippen molar-refractivity contribution in [2.45, 2.75) is 43.2 Å². The van der Waals surface area contributed by atoms with Crippen molar-refractivity contribution in [1.82, 2.24) is 20.0 Å². The highest BCUT2D eigenvalue weighted by Crippen LogP contribution is 2.32. The molecule has 35 heavy (non-hydrogen) atoms. The summed E-state index contributed by atoms with van der Waals surface area (Å²) in [6.07, 6.45) is -5.61. The number of aliphatic hydroxyl groups excluding tert-OH is 2. The predicted octanol–water partition coefficient (Wildman–Crippen LogP) is 0.446. The molecular formula is C22H24F3N5O5. The van der Waals surface area contributed by atoms with Crippen LogP contribution in [0.2, 0.25) is 0 Å². The van der Waals surface area contributed by atoms with Crippen molar-refractivity contribution in [2.75, 3.05) is 18.4 Å². The number of aliphatic hydroxyl groups is 2. The number of nitrogens with zero attached hydrogens (tertiary/aromatic N) is 3. The van der Waals surface area contributed by atoms with E-state index in [1.165, 1.54) is 4.90 Å². The lowest BCUT2D eigenvalue weighted by Crippen LogP contribution is -2.61. The third-order valence-corrected chi connectivity index (χ3v) is 6.36. The minimum atomic E-state index is -4.54. The molecule has 10 nitrogen and oxygen atoms in total. The smallest absolute Gasteiger partial charge is 0.380 e. The number of hydrogen-bond donors (Lipinski definition) is 4. The summed E-state index contributed by atoms with van der Waals surface area (Å²) in [5.41, 5.74) is -0.332. The number of carbonyl (C=O) groups is 3. The molecule has 1 aromatic carbocycles. The van der Waals surface area contributed by atoms with Crippen LogP contribution in [0.3, 0.4) is 0 Å². The van der Waals surface area contributed by atoms with E-state index in [1.807, 2.05) is 0 Å². The quantitative estimate of drug-likeness (QED) is 0.486. The molecule has 1 spiro atoms. The Morgan fingerprint density at radius 1 is 1.14 bits per heavy atom. The zero-order valence-corrected chi connectivity index (χ0v) is 18.7. The van der Waals surface area contributed by atoms with E-state index in [2.05, 4.69) is 15.7 Å². The van der Waals surface area contributed by atoms with Crippen LogP contribution in [0.15, 0.2) is 30.5 Å². The third-order valence-electron chi connectivity index (χ3n) is 6.36. The summed E-state index contributed by atoms with van der Waals surface area (Å²) in [6, 6.07) is 3.51. The van der Waals surface area contributed by atoms with E-state index in [-0.39, 0.29) is 24.7 Å². The van der Waals surface area contributed by atoms with E-state index >= 15 is 0 Å². The zero-order valence-electron chi connectivity index (χ0n) is 18.7. The number of benzene rings is 1. The van der Waals surface area contributed by atoms with Gasteiger partial charge in [0.1, 0.15) is 0 Å². The van der Waals surface area contributed by atoms with Gasteiger partial charge >= 0.3 is 6.18 Å². The summed E-state index contributed by atoms with van der Waals surface area (Å²) in [7, 11) is 1.72. The fraction of sp³-hybridized carbons (Fsp3) is 0.455. The molecule has 1 fully saturated rings. The maximum absolute atomic E-state index is 12.7. The fourth-order valence-corrected chi connectivity index (χ4v) is 4.45. The van der Waals surface area contributed by atoms with Gasteiger partial charge < -0.3 is 25.7 Å². The van der Waals surface area contributed by atoms with Gasteiger partial charge in [-0.1, -0.05) is 0 Å². The van der Waals surface area contributed by atoms with Crippen LogP contribution >= 0.6 is 0 Å². The first-order valence-corrected chi connectivity index (χ1v) is 10.9. The summed E-state index contributed by atoms with van der Waals surface area (Å²) in [4.78, 5) is 38.7. The van der Waals surface area contributed by atoms with E-state index in [0.717, 1.165) is 29.8 Å². The van der Waals surface area contributed by atoms with Gasteiger partial charge in [0, 0.05) is 43.1 Å². The van der Waals surface area contributed by atoms with E-state index in [9.17, 15) is 37.8 Å². The van der Waals surface area contributed by atoms with Crippen LogP contribution < -0.4 is 10.6 Å². The Bertz CT molecular complexity index is 1140. The van der Waals surface area contributed by atoms with Crippen molar-refractivity contribution in [3.8, 4) is 0 Å². The van der Waals surface area contributed by atoms with Crippen molar-refractivity contribution in [3.63, 3.8) is 0 Å². The SMILES string of the molecule is Cn1cc2c(n1)C(=O)NC1(CCN(C(=O)[C@@H](O)[C@H](O)C(=O)Nc3ccc(C(F)(F)F)cc3)CC1)C2. The average molecular weight is 495 g/mol. The first-order chi connectivity index (χ1) is 16.4. The summed E-state index contributed by atoms with van der Waals surface area (Å²) >= 11 is 0. The Morgan fingerprint density at radius 3 is 2.37 bits per heavy atom. The Kier molecular flexibility index (Phi) is 6.32. The van der Waals surface area contributed by atoms with Gasteiger partial charge in [-0.2, -0.15) is 18.3 Å². The number of fused-ring (bicyclic) bond motifs is 1. The number of aromatic nitrogens is 2. The van der Waals surface area contributed by atoms with Crippen molar-refractivity contribution in [2.24, 2.45) is 7.05 Å². The van der Waals surface area contributed by atoms with Gasteiger partial charge in [-0.05, 0) is 43.5 Å². The summed E-state index contributed by atoms with van der Waals surface area (Å²) in [5, 5.41) is 29.7. The molecule has 3 amide bonds. The molecule has 0 aliphatic carbocycles. The maximum atomic E-state index is 12.7. The average Bonchev–Trinajstić information content (AvgIpc) is 3.18. The number of carbonyl (C=O) groups excluding carboxylic acids is 3. The molecule has 0 radical (unpaired) electrons. The summed E-state index contributed by atoms with van der Waals surface area (Å²) in [5.74, 6) is -2.29. The first-order valence-electron chi connectivity index (χ1n) is 10.9. The highest BCUT2D eigenvalue weighted by molar-refractivity contribution is 5.98. The van der Waals surface area contributed by atoms with Crippen molar-refractivity contribution in [1.29, 1.82) is 0 Å². The number of likely N-dealkylation sites (tertiary alicyclic amines) is 1. The van der Waals surface area contributed by atoms with E-state index in [1.54, 1.807) is 17.9 Å². The molecule has 13 heteroatoms. The van der Waals surface area contributed by atoms with Crippen LogP contribution in [0.1, 0.15) is 34.5 Å². The molecule has 2 aliphatic heterocycles. The number of anilines is 1. The Balaban J connectivity index is 1.33. The molecule has 2 aliphatic rings. The Labute approximate surface area is 197 Å². The predicted molar refractivity (Wildman–Crippen MR) is 115 cm³/mol. The van der Waals surface area contributed by atoms with Crippen molar-refractivity contribution < 1.29 is 37.8 Å². The zero-order chi connectivity index (χ0) is 25.5. The fourth-order valence-electron chi connectivity index (χ4n) is 4.45. The Morgan fingerprint density at radius 2 is 1.77 bits per heavy atom. The number of amides is 3. The minimum absolute atomic E-state index is 0.0376. The number of rotatable bonds is 4. The second-order valence-corrected chi connectivity index (χ2v) is 8.87. The highest BCUT2D eigenvalue weighted by Gasteiger charge is 2.44. The Hall–Kier alpha value is -3.45. The number of aryl methyl sites for hydroxylation is 1. The molecule has 4 N–H and O–H groups in total. The number of halogens is 3. The van der Waals surface area contributed by atoms with Crippen LogP contribution in [0.5, 0.6) is 0 Å². The minimum Gasteiger partial charge on any atom is -0.380 e. The van der Waals surface area contributed by atoms with Crippen LogP contribution in [-0.4, -0.2) is 73.5 Å². The van der Waals surface area contributed by atoms with Gasteiger partial charge in [0.05, 0.1) is 5.56 Å². The summed E-state index contributed by atoms with van der Waals surface area (Å²) in [6.45, 7) is 0.359. The lowest BCUT2D eigenvalue weighted by molar-refractivity contribution is -0.152. The number of hydrogen-bond acceptors (Lipinski definition) is 6. The van der Waals surface area contributed by atoms with Crippen molar-refractivity contribution in [3.05, 3.63) is 47.3 Å². The highest BCUT2D eigenvalue weighted by atomic mass is 19.4. The van der Waals surface area contributed by atoms with E-state index in [4.69, 9.17) is 0 Å². The molecule has 4 rings (SSSR count). The lowest BCUT2D eigenvalue weighted by atomic mass is 9.79. The largest absolute Gasteiger partial charge is 0.416 e. The normalized spacial score (nSPS) is 19.0. The van der Waals surface area contributed by atoms with Crippen LogP contribution in [0, 0.1) is 0 Å². The number of alkyl halides is 3. The van der Waals surface area contributed by atoms with Crippen molar-refractivity contribution >= 4 is 23.4 Å². The molecule has 1 aromatic heterocycles. The molecule has 0 bridgehead atoms. The monoisotopic (exact) mass is 495 g/mol. The summed E-state index contributed by atoms with van der Waals surface area (Å²) < 4.78 is 39.5. The third kappa shape index (κ3) is 5.00. The molecule has 1 saturated heterocycles. The second-order valence-electron chi connectivity index (χ2n) is 8.87. The molecule has 0 saturated carbocycles. The van der Waals surface area contributed by atoms with Gasteiger partial charge in [0.15, 0.2) is 17.9 Å². The molecule has 3 heterocycles. The number of nitrogens with one attached hydrogen (secondary N) is 2. The van der Waals surface area contributed by atoms with Gasteiger partial charge in [0.25, 0.3) is 17.7 Å². The first kappa shape index (κ1) is 24.7. The topological polar surface area (TPSA) is 137 Å². The van der Waals surface area contributed by atoms with Gasteiger partial charge in [0.2, 0.25) is 0 Å². The van der Waals surface area contributed by atoms with Gasteiger partial charge in [-0.25, -0.2) is 0 Å². The number of piperidine rings is 1. The molecule has 188 valence electrons. The second kappa shape index (κ2) is 8.96. The lowest BCUT2D eigenvalue weighted by Gasteiger charge is -2.44. The standard InChI is InChI=1S/C22H24F3N5O5/c1-29-11-12-10-21(27-18(33)15(12)28-29)6-8-30(9-7-21)20(35)17(32)16(31)19(34)26-14-4-2-13(3-5-14)22(23,24)25/h2-5,11,16-17,31-32H,6-10H2,1H3,(H,26,34)(H,27,33)/t16-,17-/m0/s1. The molecule has 2 atom stereocenters. The van der Waals surface area contributed by atoms with E-state index < -0.39 is 41.3 Å². The van der Waals surface area contributed by atoms with Crippen LogP contribution in [0.25, 0.3) is 0 Å². The maximum Gasteiger partial charge on any atom is 0.416 e. The van der Waals surface area contributed by atoms with Crippen LogP contribution in [0.4, 0.5) is 18.9 Å². The van der Waals surface area contributed by atoms with E-state index in [0.29, 0.717) is 25.0 Å².